The van der Waals surface area contributed by atoms with Crippen LogP contribution in [0.5, 0.6) is 0 Å². The summed E-state index contributed by atoms with van der Waals surface area (Å²) in [6, 6.07) is -2.84. The molecule has 2 aliphatic rings. The molecule has 0 aromatic rings. The van der Waals surface area contributed by atoms with E-state index in [1.54, 1.807) is 7.11 Å². The summed E-state index contributed by atoms with van der Waals surface area (Å²) in [7, 11) is -7.69. The number of hydrogen-bond donors (Lipinski definition) is 7. The Morgan fingerprint density at radius 3 is 1.45 bits per heavy atom. The van der Waals surface area contributed by atoms with Crippen molar-refractivity contribution < 1.29 is 90.4 Å². The van der Waals surface area contributed by atoms with Crippen LogP contribution in [-0.2, 0) is 65.7 Å². The second-order valence-corrected chi connectivity index (χ2v) is 27.2. The molecule has 0 spiro atoms. The quantitative estimate of drug-likeness (QED) is 0.0129. The standard InChI is InChI=1S/C66H126N2O19P2/c1-7-11-15-19-22-25-26-27-28-29-30-32-34-38-42-46-57(70)67-60-64(82-49-47-54(80-6)45-41-36-18-14-10-4)62(86-88(73,74)75)56(51-79-5)85-65(60)83-52-55-61(72)63(81-48-43-39-35-24-21-17-13-9-3)59(66(84-55)87-89(76,77)78)68-58(71)50-53(69)44-40-37-33-31-23-20-16-12-8-2/h25-26,54-56,59-66,72H,7-24,27-52H2,1-6H3,(H,67,70)(H,68,71)(H2,73,74,75)(H2,76,77,78)/t54-,55-,56-,59-,60-,61-,62-,63-,64-,65-,66-/m1/s1. The van der Waals surface area contributed by atoms with Gasteiger partial charge in [0, 0.05) is 40.3 Å². The van der Waals surface area contributed by atoms with Crippen molar-refractivity contribution >= 4 is 33.2 Å². The number of phosphoric ester groups is 2. The second-order valence-electron chi connectivity index (χ2n) is 24.8. The Labute approximate surface area is 536 Å². The lowest BCUT2D eigenvalue weighted by Gasteiger charge is -2.47. The Bertz CT molecular complexity index is 1900. The van der Waals surface area contributed by atoms with Crippen molar-refractivity contribution in [1.29, 1.82) is 0 Å². The maximum Gasteiger partial charge on any atom is 0.472 e. The average Bonchev–Trinajstić information content (AvgIpc) is 0.966. The molecule has 524 valence electrons. The number of rotatable bonds is 59. The minimum absolute atomic E-state index is 0.00889. The predicted molar refractivity (Wildman–Crippen MR) is 347 cm³/mol. The van der Waals surface area contributed by atoms with E-state index in [2.05, 4.69) is 50.5 Å². The fourth-order valence-electron chi connectivity index (χ4n) is 11.7. The highest BCUT2D eigenvalue weighted by molar-refractivity contribution is 7.46. The van der Waals surface area contributed by atoms with Crippen LogP contribution in [0.15, 0.2) is 12.2 Å². The summed E-state index contributed by atoms with van der Waals surface area (Å²) in [4.78, 5) is 82.2. The first-order chi connectivity index (χ1) is 42.9. The molecule has 2 aliphatic heterocycles. The SMILES string of the molecule is CCCCCCC=CCCCCCCCCCC(=O)N[C@H]1[C@H](OC[C@H]2O[C@H](OP(=O)(O)O)[C@H](NC(=O)CC(=O)CCCCCCCCCCC)[C@@H](OCCCCCCCCCC)[C@@H]2O)O[C@H](COC)[C@@H](OP(=O)(O)O)[C@@H]1OCC[C@@H](CCCCCCC)OC. The van der Waals surface area contributed by atoms with Gasteiger partial charge in [0.15, 0.2) is 12.6 Å². The Kier molecular flexibility index (Phi) is 49.2. The number of aliphatic hydroxyl groups is 1. The number of carbonyl (C=O) groups excluding carboxylic acids is 3. The molecule has 0 unspecified atom stereocenters. The van der Waals surface area contributed by atoms with Gasteiger partial charge in [0.1, 0.15) is 54.5 Å². The minimum atomic E-state index is -5.39. The fraction of sp³-hybridized carbons (Fsp3) is 0.924. The number of allylic oxidation sites excluding steroid dienone is 2. The van der Waals surface area contributed by atoms with E-state index in [1.807, 2.05) is 0 Å². The molecule has 7 N–H and O–H groups in total. The summed E-state index contributed by atoms with van der Waals surface area (Å²) < 4.78 is 79.3. The summed E-state index contributed by atoms with van der Waals surface area (Å²) in [5.74, 6) is -1.52. The molecule has 23 heteroatoms. The normalized spacial score (nSPS) is 22.9. The number of phosphoric acid groups is 2. The highest BCUT2D eigenvalue weighted by atomic mass is 31.2. The van der Waals surface area contributed by atoms with E-state index in [1.165, 1.54) is 58.5 Å². The molecule has 0 aromatic carbocycles. The molecule has 0 saturated carbocycles. The predicted octanol–water partition coefficient (Wildman–Crippen LogP) is 13.6. The van der Waals surface area contributed by atoms with E-state index in [-0.39, 0.29) is 44.5 Å². The van der Waals surface area contributed by atoms with Crippen LogP contribution in [0.25, 0.3) is 0 Å². The molecular weight excluding hydrogens is 1190 g/mol. The number of nitrogens with one attached hydrogen (secondary N) is 2. The lowest BCUT2D eigenvalue weighted by Crippen LogP contribution is -2.67. The van der Waals surface area contributed by atoms with E-state index in [0.29, 0.717) is 25.7 Å². The van der Waals surface area contributed by atoms with E-state index in [9.17, 15) is 48.2 Å². The molecule has 2 heterocycles. The number of carbonyl (C=O) groups is 3. The van der Waals surface area contributed by atoms with Crippen LogP contribution < -0.4 is 10.6 Å². The fourth-order valence-corrected chi connectivity index (χ4v) is 12.7. The zero-order valence-corrected chi connectivity index (χ0v) is 57.8. The van der Waals surface area contributed by atoms with Crippen molar-refractivity contribution in [2.75, 3.05) is 40.6 Å². The number of ketones is 1. The molecule has 21 nitrogen and oxygen atoms in total. The van der Waals surface area contributed by atoms with Gasteiger partial charge < -0.3 is 68.5 Å². The van der Waals surface area contributed by atoms with Crippen molar-refractivity contribution in [3.05, 3.63) is 12.2 Å². The van der Waals surface area contributed by atoms with E-state index >= 15 is 0 Å². The van der Waals surface area contributed by atoms with Crippen LogP contribution in [0, 0.1) is 0 Å². The highest BCUT2D eigenvalue weighted by Gasteiger charge is 2.53. The zero-order chi connectivity index (χ0) is 65.4. The maximum atomic E-state index is 14.1. The van der Waals surface area contributed by atoms with Crippen molar-refractivity contribution in [3.8, 4) is 0 Å². The van der Waals surface area contributed by atoms with Crippen LogP contribution in [-0.4, -0.2) is 150 Å². The van der Waals surface area contributed by atoms with Crippen LogP contribution >= 0.6 is 15.6 Å². The van der Waals surface area contributed by atoms with Gasteiger partial charge in [-0.3, -0.25) is 23.4 Å². The number of unbranched alkanes of at least 4 members (excludes halogenated alkanes) is 30. The molecule has 0 bridgehead atoms. The monoisotopic (exact) mass is 1310 g/mol. The van der Waals surface area contributed by atoms with E-state index in [4.69, 9.17) is 42.2 Å². The smallest absolute Gasteiger partial charge is 0.388 e. The second kappa shape index (κ2) is 52.5. The van der Waals surface area contributed by atoms with Crippen molar-refractivity contribution in [2.24, 2.45) is 0 Å². The first-order valence-corrected chi connectivity index (χ1v) is 38.1. The number of Topliss-reactive ketones (excluding diaryl/α,β-unsaturated/α-hetero) is 1. The molecule has 2 rings (SSSR count). The molecule has 2 fully saturated rings. The van der Waals surface area contributed by atoms with E-state index < -0.39 is 102 Å². The first kappa shape index (κ1) is 83.3. The maximum absolute atomic E-state index is 14.1. The summed E-state index contributed by atoms with van der Waals surface area (Å²) in [6.07, 6.45) is 29.6. The van der Waals surface area contributed by atoms with Crippen molar-refractivity contribution in [3.63, 3.8) is 0 Å². The van der Waals surface area contributed by atoms with Gasteiger partial charge >= 0.3 is 15.6 Å². The first-order valence-electron chi connectivity index (χ1n) is 35.0. The van der Waals surface area contributed by atoms with Crippen molar-refractivity contribution in [1.82, 2.24) is 10.6 Å². The summed E-state index contributed by atoms with van der Waals surface area (Å²) in [5.41, 5.74) is 0. The van der Waals surface area contributed by atoms with Crippen LogP contribution in [0.1, 0.15) is 285 Å². The van der Waals surface area contributed by atoms with Gasteiger partial charge in [-0.05, 0) is 57.8 Å². The number of ether oxygens (including phenoxy) is 7. The minimum Gasteiger partial charge on any atom is -0.388 e. The van der Waals surface area contributed by atoms with Gasteiger partial charge in [-0.15, -0.1) is 0 Å². The molecule has 0 aromatic heterocycles. The van der Waals surface area contributed by atoms with Gasteiger partial charge in [0.05, 0.1) is 25.7 Å². The average molecular weight is 1310 g/mol. The molecular formula is C66H126N2O19P2. The Hall–Kier alpha value is -1.75. The van der Waals surface area contributed by atoms with Crippen LogP contribution in [0.2, 0.25) is 0 Å². The van der Waals surface area contributed by atoms with E-state index in [0.717, 1.165) is 161 Å². The molecule has 11 atom stereocenters. The largest absolute Gasteiger partial charge is 0.472 e. The molecule has 2 amide bonds. The third-order valence-corrected chi connectivity index (χ3v) is 17.8. The van der Waals surface area contributed by atoms with Crippen LogP contribution in [0.4, 0.5) is 0 Å². The Morgan fingerprint density at radius 1 is 0.472 bits per heavy atom. The number of methoxy groups -OCH3 is 2. The van der Waals surface area contributed by atoms with Crippen LogP contribution in [0.3, 0.4) is 0 Å². The Morgan fingerprint density at radius 2 is 0.921 bits per heavy atom. The number of hydrogen-bond acceptors (Lipinski definition) is 15. The number of aliphatic hydroxyl groups excluding tert-OH is 1. The zero-order valence-electron chi connectivity index (χ0n) is 56.0. The topological polar surface area (TPSA) is 294 Å². The summed E-state index contributed by atoms with van der Waals surface area (Å²) in [5, 5.41) is 17.9. The summed E-state index contributed by atoms with van der Waals surface area (Å²) >= 11 is 0. The molecule has 0 radical (unpaired) electrons. The van der Waals surface area contributed by atoms with Gasteiger partial charge in [0.25, 0.3) is 0 Å². The summed E-state index contributed by atoms with van der Waals surface area (Å²) in [6.45, 7) is 7.91. The van der Waals surface area contributed by atoms with Gasteiger partial charge in [-0.1, -0.05) is 220 Å². The third kappa shape index (κ3) is 41.0. The lowest BCUT2D eigenvalue weighted by atomic mass is 9.95. The third-order valence-electron chi connectivity index (χ3n) is 16.8. The molecule has 0 aliphatic carbocycles. The Balaban J connectivity index is 2.45. The molecule has 89 heavy (non-hydrogen) atoms. The van der Waals surface area contributed by atoms with Gasteiger partial charge in [0.2, 0.25) is 11.8 Å². The van der Waals surface area contributed by atoms with Gasteiger partial charge in [-0.2, -0.15) is 0 Å². The molecule has 2 saturated heterocycles. The van der Waals surface area contributed by atoms with Gasteiger partial charge in [-0.25, -0.2) is 9.13 Å². The number of amides is 2. The lowest BCUT2D eigenvalue weighted by molar-refractivity contribution is -0.301. The highest BCUT2D eigenvalue weighted by Crippen LogP contribution is 2.44. The van der Waals surface area contributed by atoms with Crippen molar-refractivity contribution in [2.45, 2.75) is 352 Å².